The van der Waals surface area contributed by atoms with Crippen LogP contribution in [0.15, 0.2) is 43.0 Å². The third kappa shape index (κ3) is 5.18. The van der Waals surface area contributed by atoms with E-state index in [1.165, 1.54) is 23.7 Å². The summed E-state index contributed by atoms with van der Waals surface area (Å²) in [7, 11) is 1.57. The van der Waals surface area contributed by atoms with E-state index in [1.54, 1.807) is 30.8 Å². The van der Waals surface area contributed by atoms with Crippen LogP contribution >= 0.6 is 11.3 Å². The van der Waals surface area contributed by atoms with Gasteiger partial charge in [-0.05, 0) is 30.5 Å². The van der Waals surface area contributed by atoms with Crippen LogP contribution in [-0.2, 0) is 0 Å². The van der Waals surface area contributed by atoms with Gasteiger partial charge in [-0.15, -0.1) is 11.3 Å². The summed E-state index contributed by atoms with van der Waals surface area (Å²) in [6, 6.07) is 5.40. The van der Waals surface area contributed by atoms with Crippen LogP contribution in [0.3, 0.4) is 0 Å². The largest absolute Gasteiger partial charge is 0.481 e. The summed E-state index contributed by atoms with van der Waals surface area (Å²) in [5.74, 6) is -0.0445. The number of nitrogens with one attached hydrogen (secondary N) is 2. The predicted molar refractivity (Wildman–Crippen MR) is 142 cm³/mol. The van der Waals surface area contributed by atoms with Crippen LogP contribution in [-0.4, -0.2) is 69.6 Å². The molecule has 1 saturated heterocycles. The lowest BCUT2D eigenvalue weighted by Gasteiger charge is -2.45. The van der Waals surface area contributed by atoms with E-state index in [2.05, 4.69) is 44.4 Å². The van der Waals surface area contributed by atoms with E-state index in [9.17, 15) is 9.59 Å². The number of amides is 2. The number of hydrogen-bond donors (Lipinski definition) is 2. The number of rotatable bonds is 8. The summed E-state index contributed by atoms with van der Waals surface area (Å²) in [5.41, 5.74) is 3.09. The molecule has 1 aliphatic heterocycles. The molecule has 2 amide bonds. The molecular weight excluding hydrogens is 490 g/mol. The fraction of sp³-hybridized carbons (Fsp3) is 0.346. The third-order valence-corrected chi connectivity index (χ3v) is 7.43. The molecule has 5 rings (SSSR count). The van der Waals surface area contributed by atoms with E-state index in [1.807, 2.05) is 18.3 Å². The molecule has 4 aromatic heterocycles. The molecule has 1 fully saturated rings. The van der Waals surface area contributed by atoms with Crippen LogP contribution in [0.25, 0.3) is 15.3 Å². The topological polar surface area (TPSA) is 114 Å². The highest BCUT2D eigenvalue weighted by Crippen LogP contribution is 2.35. The minimum atomic E-state index is -0.329. The van der Waals surface area contributed by atoms with Crippen molar-refractivity contribution >= 4 is 33.7 Å². The van der Waals surface area contributed by atoms with E-state index in [4.69, 9.17) is 4.74 Å². The average Bonchev–Trinajstić information content (AvgIpc) is 3.45. The van der Waals surface area contributed by atoms with Gasteiger partial charge in [-0.3, -0.25) is 14.6 Å². The molecule has 0 unspecified atom stereocenters. The number of aryl methyl sites for hydroxylation is 1. The van der Waals surface area contributed by atoms with Crippen LogP contribution in [0, 0.1) is 12.3 Å². The maximum Gasteiger partial charge on any atom is 0.260 e. The maximum absolute atomic E-state index is 13.2. The van der Waals surface area contributed by atoms with Crippen molar-refractivity contribution in [3.8, 4) is 16.3 Å². The van der Waals surface area contributed by atoms with Crippen LogP contribution in [0.1, 0.15) is 40.3 Å². The summed E-state index contributed by atoms with van der Waals surface area (Å²) in [5, 5.41) is 10.2. The van der Waals surface area contributed by atoms with Gasteiger partial charge in [-0.25, -0.2) is 9.50 Å². The first-order chi connectivity index (χ1) is 17.7. The van der Waals surface area contributed by atoms with E-state index in [-0.39, 0.29) is 11.8 Å². The zero-order valence-corrected chi connectivity index (χ0v) is 22.1. The molecule has 0 spiro atoms. The lowest BCUT2D eigenvalue weighted by Crippen LogP contribution is -2.54. The Kier molecular flexibility index (Phi) is 6.65. The Morgan fingerprint density at radius 1 is 1.19 bits per heavy atom. The summed E-state index contributed by atoms with van der Waals surface area (Å²) >= 11 is 1.42. The van der Waals surface area contributed by atoms with Crippen molar-refractivity contribution < 1.29 is 14.3 Å². The Morgan fingerprint density at radius 2 is 2.00 bits per heavy atom. The zero-order chi connectivity index (χ0) is 26.2. The molecule has 0 saturated carbocycles. The molecule has 1 aliphatic rings. The van der Waals surface area contributed by atoms with Crippen LogP contribution in [0.4, 0.5) is 5.69 Å². The summed E-state index contributed by atoms with van der Waals surface area (Å²) < 4.78 is 7.03. The van der Waals surface area contributed by atoms with Gasteiger partial charge in [0.1, 0.15) is 4.83 Å². The number of nitrogens with zero attached hydrogens (tertiary/aromatic N) is 5. The fourth-order valence-corrected chi connectivity index (χ4v) is 5.61. The number of aromatic nitrogens is 4. The van der Waals surface area contributed by atoms with Gasteiger partial charge < -0.3 is 20.3 Å². The summed E-state index contributed by atoms with van der Waals surface area (Å²) in [4.78, 5) is 38.3. The molecule has 5 heterocycles. The molecule has 37 heavy (non-hydrogen) atoms. The molecule has 0 aliphatic carbocycles. The fourth-order valence-electron chi connectivity index (χ4n) is 4.53. The van der Waals surface area contributed by atoms with Crippen molar-refractivity contribution in [3.05, 3.63) is 59.8 Å². The molecule has 0 atom stereocenters. The number of fused-ring (bicyclic) bond motifs is 1. The number of carbonyl (C=O) groups is 2. The Hall–Kier alpha value is -3.83. The number of anilines is 1. The third-order valence-electron chi connectivity index (χ3n) is 6.28. The number of carbonyl (C=O) groups excluding carboxylic acids is 2. The monoisotopic (exact) mass is 519 g/mol. The second-order valence-electron chi connectivity index (χ2n) is 9.91. The van der Waals surface area contributed by atoms with Gasteiger partial charge in [0.15, 0.2) is 0 Å². The Balaban J connectivity index is 1.28. The predicted octanol–water partition coefficient (Wildman–Crippen LogP) is 3.49. The molecule has 192 valence electrons. The minimum absolute atomic E-state index is 0.218. The normalized spacial score (nSPS) is 14.8. The maximum atomic E-state index is 13.2. The highest BCUT2D eigenvalue weighted by atomic mass is 32.1. The van der Waals surface area contributed by atoms with Gasteiger partial charge >= 0.3 is 0 Å². The number of ether oxygens (including phenoxy) is 1. The van der Waals surface area contributed by atoms with E-state index in [0.717, 1.165) is 30.1 Å². The van der Waals surface area contributed by atoms with E-state index >= 15 is 0 Å². The first-order valence-electron chi connectivity index (χ1n) is 12.0. The summed E-state index contributed by atoms with van der Waals surface area (Å²) in [6.45, 7) is 9.70. The number of hydrogen-bond acceptors (Lipinski definition) is 8. The molecule has 2 N–H and O–H groups in total. The number of pyridine rings is 2. The van der Waals surface area contributed by atoms with E-state index in [0.29, 0.717) is 45.2 Å². The number of likely N-dealkylation sites (tertiary alicyclic amines) is 1. The highest BCUT2D eigenvalue weighted by Gasteiger charge is 2.33. The van der Waals surface area contributed by atoms with Gasteiger partial charge in [0.25, 0.3) is 11.8 Å². The molecule has 0 bridgehead atoms. The van der Waals surface area contributed by atoms with Crippen molar-refractivity contribution in [3.63, 3.8) is 0 Å². The van der Waals surface area contributed by atoms with Crippen molar-refractivity contribution in [2.75, 3.05) is 38.6 Å². The quantitative estimate of drug-likeness (QED) is 0.366. The zero-order valence-electron chi connectivity index (χ0n) is 21.2. The molecular formula is C26H29N7O3S. The average molecular weight is 520 g/mol. The van der Waals surface area contributed by atoms with Crippen molar-refractivity contribution in [1.82, 2.24) is 29.8 Å². The standard InChI is InChI=1S/C26H29N7O3S/c1-16-20(10-17(11-29-16)22(34)27-8-9-32-14-26(2,3)15-32)31-23(35)19-12-30-33-13-21(37-25(19)33)18-6-5-7-28-24(18)36-4/h5-7,10-13H,8-9,14-15H2,1-4H3,(H,27,34)(H,31,35). The van der Waals surface area contributed by atoms with Crippen LogP contribution in [0.2, 0.25) is 0 Å². The lowest BCUT2D eigenvalue weighted by molar-refractivity contribution is 0.0323. The first-order valence-corrected chi connectivity index (χ1v) is 12.8. The van der Waals surface area contributed by atoms with Crippen LogP contribution in [0.5, 0.6) is 5.88 Å². The summed E-state index contributed by atoms with van der Waals surface area (Å²) in [6.07, 6.45) is 6.56. The van der Waals surface area contributed by atoms with Gasteiger partial charge in [-0.2, -0.15) is 5.10 Å². The van der Waals surface area contributed by atoms with Gasteiger partial charge in [0, 0.05) is 44.8 Å². The van der Waals surface area contributed by atoms with Crippen molar-refractivity contribution in [1.29, 1.82) is 0 Å². The van der Waals surface area contributed by atoms with E-state index < -0.39 is 0 Å². The van der Waals surface area contributed by atoms with Gasteiger partial charge in [0.05, 0.1) is 46.3 Å². The number of methoxy groups -OCH3 is 1. The Labute approximate surface area is 218 Å². The Bertz CT molecular complexity index is 1470. The SMILES string of the molecule is COc1ncccc1-c1cn2ncc(C(=O)Nc3cc(C(=O)NCCN4CC(C)(C)C4)cnc3C)c2s1. The molecule has 0 aromatic carbocycles. The Morgan fingerprint density at radius 3 is 2.76 bits per heavy atom. The van der Waals surface area contributed by atoms with Crippen molar-refractivity contribution in [2.45, 2.75) is 20.8 Å². The minimum Gasteiger partial charge on any atom is -0.481 e. The van der Waals surface area contributed by atoms with Gasteiger partial charge in [0.2, 0.25) is 5.88 Å². The highest BCUT2D eigenvalue weighted by molar-refractivity contribution is 7.21. The molecule has 10 nitrogen and oxygen atoms in total. The van der Waals surface area contributed by atoms with Crippen molar-refractivity contribution in [2.24, 2.45) is 5.41 Å². The second kappa shape index (κ2) is 9.91. The molecule has 4 aromatic rings. The lowest BCUT2D eigenvalue weighted by atomic mass is 9.84. The molecule has 0 radical (unpaired) electrons. The smallest absolute Gasteiger partial charge is 0.260 e. The molecule has 11 heteroatoms. The van der Waals surface area contributed by atoms with Gasteiger partial charge in [-0.1, -0.05) is 13.8 Å². The van der Waals surface area contributed by atoms with Crippen LogP contribution < -0.4 is 15.4 Å². The number of thiazole rings is 1. The first kappa shape index (κ1) is 24.8. The second-order valence-corrected chi connectivity index (χ2v) is 10.9.